The average molecular weight is 233 g/mol. The van der Waals surface area contributed by atoms with E-state index in [9.17, 15) is 0 Å². The predicted molar refractivity (Wildman–Crippen MR) is 61.0 cm³/mol. The standard InChI is InChI=1S/C12H15N3O2/c1-7-9(5-6-16-7)10-14-11(17-15-10)12(2,13)8-3-4-8/h5-6,8H,3-4,13H2,1-2H3. The van der Waals surface area contributed by atoms with E-state index in [2.05, 4.69) is 10.1 Å². The highest BCUT2D eigenvalue weighted by Gasteiger charge is 2.44. The molecule has 2 aromatic heterocycles. The summed E-state index contributed by atoms with van der Waals surface area (Å²) in [6, 6.07) is 1.83. The summed E-state index contributed by atoms with van der Waals surface area (Å²) in [5.41, 5.74) is 6.57. The molecule has 0 bridgehead atoms. The fourth-order valence-electron chi connectivity index (χ4n) is 2.03. The Morgan fingerprint density at radius 2 is 2.24 bits per heavy atom. The third-order valence-corrected chi connectivity index (χ3v) is 3.41. The van der Waals surface area contributed by atoms with Crippen molar-refractivity contribution in [3.63, 3.8) is 0 Å². The van der Waals surface area contributed by atoms with Gasteiger partial charge in [0.05, 0.1) is 17.4 Å². The molecule has 1 saturated carbocycles. The van der Waals surface area contributed by atoms with Crippen LogP contribution in [-0.2, 0) is 5.54 Å². The highest BCUT2D eigenvalue weighted by atomic mass is 16.5. The van der Waals surface area contributed by atoms with Crippen LogP contribution in [0.4, 0.5) is 0 Å². The zero-order chi connectivity index (χ0) is 12.0. The summed E-state index contributed by atoms with van der Waals surface area (Å²) in [6.45, 7) is 3.82. The van der Waals surface area contributed by atoms with Crippen molar-refractivity contribution < 1.29 is 8.94 Å². The van der Waals surface area contributed by atoms with Gasteiger partial charge in [-0.2, -0.15) is 4.98 Å². The van der Waals surface area contributed by atoms with Gasteiger partial charge in [-0.15, -0.1) is 0 Å². The Morgan fingerprint density at radius 1 is 1.47 bits per heavy atom. The molecule has 2 heterocycles. The Morgan fingerprint density at radius 3 is 2.82 bits per heavy atom. The molecule has 2 N–H and O–H groups in total. The van der Waals surface area contributed by atoms with Gasteiger partial charge >= 0.3 is 0 Å². The molecule has 0 aliphatic heterocycles. The number of aromatic nitrogens is 2. The van der Waals surface area contributed by atoms with Crippen LogP contribution in [0.15, 0.2) is 21.3 Å². The summed E-state index contributed by atoms with van der Waals surface area (Å²) in [5, 5.41) is 3.97. The molecule has 0 spiro atoms. The van der Waals surface area contributed by atoms with Crippen LogP contribution in [-0.4, -0.2) is 10.1 Å². The first-order valence-corrected chi connectivity index (χ1v) is 5.76. The number of rotatable bonds is 3. The van der Waals surface area contributed by atoms with E-state index in [1.54, 1.807) is 6.26 Å². The minimum atomic E-state index is -0.511. The van der Waals surface area contributed by atoms with E-state index < -0.39 is 5.54 Å². The molecule has 0 saturated heterocycles. The third kappa shape index (κ3) is 1.67. The highest BCUT2D eigenvalue weighted by molar-refractivity contribution is 5.56. The molecular formula is C12H15N3O2. The van der Waals surface area contributed by atoms with Gasteiger partial charge in [0, 0.05) is 0 Å². The monoisotopic (exact) mass is 233 g/mol. The number of hydrogen-bond acceptors (Lipinski definition) is 5. The maximum Gasteiger partial charge on any atom is 0.247 e. The van der Waals surface area contributed by atoms with E-state index in [0.717, 1.165) is 24.2 Å². The molecule has 1 aliphatic rings. The molecule has 1 fully saturated rings. The normalized spacial score (nSPS) is 19.2. The van der Waals surface area contributed by atoms with Crippen molar-refractivity contribution in [2.24, 2.45) is 11.7 Å². The predicted octanol–water partition coefficient (Wildman–Crippen LogP) is 2.22. The largest absolute Gasteiger partial charge is 0.469 e. The summed E-state index contributed by atoms with van der Waals surface area (Å²) in [5.74, 6) is 2.29. The van der Waals surface area contributed by atoms with Crippen molar-refractivity contribution in [3.8, 4) is 11.4 Å². The van der Waals surface area contributed by atoms with E-state index in [-0.39, 0.29) is 0 Å². The fourth-order valence-corrected chi connectivity index (χ4v) is 2.03. The van der Waals surface area contributed by atoms with Gasteiger partial charge < -0.3 is 14.7 Å². The molecule has 0 aromatic carbocycles. The van der Waals surface area contributed by atoms with Gasteiger partial charge in [-0.25, -0.2) is 0 Å². The van der Waals surface area contributed by atoms with Crippen LogP contribution in [0.2, 0.25) is 0 Å². The van der Waals surface area contributed by atoms with Crippen LogP contribution in [0.5, 0.6) is 0 Å². The van der Waals surface area contributed by atoms with E-state index >= 15 is 0 Å². The Bertz CT molecular complexity index is 537. The fraction of sp³-hybridized carbons (Fsp3) is 0.500. The highest BCUT2D eigenvalue weighted by Crippen LogP contribution is 2.43. The summed E-state index contributed by atoms with van der Waals surface area (Å²) < 4.78 is 10.5. The molecule has 3 rings (SSSR count). The van der Waals surface area contributed by atoms with Crippen molar-refractivity contribution in [2.75, 3.05) is 0 Å². The van der Waals surface area contributed by atoms with Gasteiger partial charge in [-0.05, 0) is 38.7 Å². The van der Waals surface area contributed by atoms with Crippen molar-refractivity contribution >= 4 is 0 Å². The Hall–Kier alpha value is -1.62. The number of nitrogens with zero attached hydrogens (tertiary/aromatic N) is 2. The average Bonchev–Trinajstić information content (AvgIpc) is 2.89. The van der Waals surface area contributed by atoms with E-state index in [0.29, 0.717) is 17.6 Å². The second-order valence-corrected chi connectivity index (χ2v) is 4.87. The maximum absolute atomic E-state index is 6.23. The van der Waals surface area contributed by atoms with Crippen LogP contribution in [0.3, 0.4) is 0 Å². The van der Waals surface area contributed by atoms with Crippen molar-refractivity contribution in [3.05, 3.63) is 24.0 Å². The van der Waals surface area contributed by atoms with E-state index in [4.69, 9.17) is 14.7 Å². The molecule has 1 unspecified atom stereocenters. The zero-order valence-corrected chi connectivity index (χ0v) is 9.93. The second-order valence-electron chi connectivity index (χ2n) is 4.87. The SMILES string of the molecule is Cc1occc1-c1noc(C(C)(N)C2CC2)n1. The zero-order valence-electron chi connectivity index (χ0n) is 9.93. The molecular weight excluding hydrogens is 218 g/mol. The number of furan rings is 1. The number of hydrogen-bond donors (Lipinski definition) is 1. The smallest absolute Gasteiger partial charge is 0.247 e. The summed E-state index contributed by atoms with van der Waals surface area (Å²) in [4.78, 5) is 4.38. The minimum absolute atomic E-state index is 0.459. The first kappa shape index (κ1) is 10.5. The Balaban J connectivity index is 1.95. The van der Waals surface area contributed by atoms with Gasteiger partial charge in [-0.1, -0.05) is 5.16 Å². The number of aryl methyl sites for hydroxylation is 1. The third-order valence-electron chi connectivity index (χ3n) is 3.41. The lowest BCUT2D eigenvalue weighted by atomic mass is 9.97. The van der Waals surface area contributed by atoms with Gasteiger partial charge in [0.15, 0.2) is 0 Å². The van der Waals surface area contributed by atoms with E-state index in [1.165, 1.54) is 0 Å². The number of nitrogens with two attached hydrogens (primary N) is 1. The van der Waals surface area contributed by atoms with Gasteiger partial charge in [0.1, 0.15) is 5.76 Å². The summed E-state index contributed by atoms with van der Waals surface area (Å²) >= 11 is 0. The van der Waals surface area contributed by atoms with Crippen LogP contribution < -0.4 is 5.73 Å². The Kier molecular flexibility index (Phi) is 2.13. The first-order chi connectivity index (χ1) is 8.09. The van der Waals surface area contributed by atoms with Crippen LogP contribution in [0.1, 0.15) is 31.4 Å². The van der Waals surface area contributed by atoms with Crippen molar-refractivity contribution in [1.29, 1.82) is 0 Å². The van der Waals surface area contributed by atoms with Crippen LogP contribution >= 0.6 is 0 Å². The molecule has 0 radical (unpaired) electrons. The van der Waals surface area contributed by atoms with E-state index in [1.807, 2.05) is 19.9 Å². The first-order valence-electron chi connectivity index (χ1n) is 5.76. The second kappa shape index (κ2) is 3.43. The van der Waals surface area contributed by atoms with Crippen molar-refractivity contribution in [2.45, 2.75) is 32.2 Å². The molecule has 90 valence electrons. The molecule has 1 aliphatic carbocycles. The van der Waals surface area contributed by atoms with Crippen LogP contribution in [0.25, 0.3) is 11.4 Å². The van der Waals surface area contributed by atoms with Gasteiger partial charge in [-0.3, -0.25) is 0 Å². The van der Waals surface area contributed by atoms with Gasteiger partial charge in [0.2, 0.25) is 11.7 Å². The minimum Gasteiger partial charge on any atom is -0.469 e. The Labute approximate surface area is 99.0 Å². The molecule has 5 nitrogen and oxygen atoms in total. The van der Waals surface area contributed by atoms with Gasteiger partial charge in [0.25, 0.3) is 0 Å². The summed E-state index contributed by atoms with van der Waals surface area (Å²) in [6.07, 6.45) is 3.88. The molecule has 17 heavy (non-hydrogen) atoms. The molecule has 1 atom stereocenters. The molecule has 2 aromatic rings. The maximum atomic E-state index is 6.23. The summed E-state index contributed by atoms with van der Waals surface area (Å²) in [7, 11) is 0. The molecule has 0 amide bonds. The quantitative estimate of drug-likeness (QED) is 0.879. The lowest BCUT2D eigenvalue weighted by molar-refractivity contribution is 0.273. The topological polar surface area (TPSA) is 78.1 Å². The lowest BCUT2D eigenvalue weighted by Gasteiger charge is -2.18. The van der Waals surface area contributed by atoms with Crippen molar-refractivity contribution in [1.82, 2.24) is 10.1 Å². The molecule has 5 heteroatoms. The van der Waals surface area contributed by atoms with Crippen LogP contribution in [0, 0.1) is 12.8 Å². The lowest BCUT2D eigenvalue weighted by Crippen LogP contribution is -2.35.